The Hall–Kier alpha value is -0.770. The number of carbonyl (C=O) groups is 1. The van der Waals surface area contributed by atoms with Gasteiger partial charge in [-0.1, -0.05) is 12.8 Å². The highest BCUT2D eigenvalue weighted by atomic mass is 16.6. The van der Waals surface area contributed by atoms with Crippen LogP contribution in [0.15, 0.2) is 0 Å². The zero-order valence-electron chi connectivity index (χ0n) is 12.6. The van der Waals surface area contributed by atoms with Crippen molar-refractivity contribution in [1.82, 2.24) is 10.6 Å². The first-order valence-electron chi connectivity index (χ1n) is 7.60. The van der Waals surface area contributed by atoms with Gasteiger partial charge in [-0.3, -0.25) is 0 Å². The van der Waals surface area contributed by atoms with E-state index in [4.69, 9.17) is 4.74 Å². The molecule has 2 N–H and O–H groups in total. The summed E-state index contributed by atoms with van der Waals surface area (Å²) in [6, 6.07) is 0. The molecule has 110 valence electrons. The molecule has 4 heteroatoms. The highest BCUT2D eigenvalue weighted by Gasteiger charge is 2.36. The summed E-state index contributed by atoms with van der Waals surface area (Å²) in [5.74, 6) is 0.902. The van der Waals surface area contributed by atoms with E-state index < -0.39 is 5.60 Å². The standard InChI is InChI=1S/C15H28N2O2/c1-14(2,3)19-13(18)17-15(8-4-10-16-11-15)9-7-12-5-6-12/h12,16H,4-11H2,1-3H3,(H,17,18). The third kappa shape index (κ3) is 5.01. The summed E-state index contributed by atoms with van der Waals surface area (Å²) < 4.78 is 5.41. The third-order valence-electron chi connectivity index (χ3n) is 3.97. The van der Waals surface area contributed by atoms with E-state index in [1.54, 1.807) is 0 Å². The smallest absolute Gasteiger partial charge is 0.408 e. The molecule has 4 nitrogen and oxygen atoms in total. The van der Waals surface area contributed by atoms with E-state index in [-0.39, 0.29) is 11.6 Å². The van der Waals surface area contributed by atoms with Gasteiger partial charge in [-0.05, 0) is 58.9 Å². The van der Waals surface area contributed by atoms with Crippen LogP contribution in [0.5, 0.6) is 0 Å². The third-order valence-corrected chi connectivity index (χ3v) is 3.97. The summed E-state index contributed by atoms with van der Waals surface area (Å²) in [5.41, 5.74) is -0.521. The molecule has 1 aliphatic carbocycles. The molecule has 1 heterocycles. The van der Waals surface area contributed by atoms with Gasteiger partial charge in [0, 0.05) is 6.54 Å². The lowest BCUT2D eigenvalue weighted by molar-refractivity contribution is 0.0424. The van der Waals surface area contributed by atoms with Crippen molar-refractivity contribution in [2.24, 2.45) is 5.92 Å². The minimum atomic E-state index is -0.427. The Balaban J connectivity index is 1.90. The Morgan fingerprint density at radius 3 is 2.68 bits per heavy atom. The Morgan fingerprint density at radius 1 is 1.42 bits per heavy atom. The highest BCUT2D eigenvalue weighted by molar-refractivity contribution is 5.68. The first kappa shape index (κ1) is 14.6. The Morgan fingerprint density at radius 2 is 2.16 bits per heavy atom. The van der Waals surface area contributed by atoms with Crippen molar-refractivity contribution in [3.8, 4) is 0 Å². The molecule has 1 unspecified atom stereocenters. The van der Waals surface area contributed by atoms with Crippen LogP contribution < -0.4 is 10.6 Å². The molecule has 1 amide bonds. The fourth-order valence-corrected chi connectivity index (χ4v) is 2.76. The minimum absolute atomic E-state index is 0.0941. The van der Waals surface area contributed by atoms with Crippen molar-refractivity contribution in [3.05, 3.63) is 0 Å². The number of hydrogen-bond donors (Lipinski definition) is 2. The first-order chi connectivity index (χ1) is 8.89. The lowest BCUT2D eigenvalue weighted by Crippen LogP contribution is -2.58. The number of ether oxygens (including phenoxy) is 1. The lowest BCUT2D eigenvalue weighted by atomic mass is 9.85. The van der Waals surface area contributed by atoms with Gasteiger partial charge < -0.3 is 15.4 Å². The number of carbonyl (C=O) groups excluding carboxylic acids is 1. The molecule has 0 bridgehead atoms. The van der Waals surface area contributed by atoms with Crippen molar-refractivity contribution >= 4 is 6.09 Å². The summed E-state index contributed by atoms with van der Waals surface area (Å²) >= 11 is 0. The number of rotatable bonds is 4. The van der Waals surface area contributed by atoms with Gasteiger partial charge in [0.05, 0.1) is 5.54 Å². The van der Waals surface area contributed by atoms with Crippen LogP contribution in [0.4, 0.5) is 4.79 Å². The van der Waals surface area contributed by atoms with Crippen LogP contribution in [0.1, 0.15) is 59.3 Å². The van der Waals surface area contributed by atoms with Crippen LogP contribution in [0.25, 0.3) is 0 Å². The fraction of sp³-hybridized carbons (Fsp3) is 0.933. The molecule has 2 fully saturated rings. The highest BCUT2D eigenvalue weighted by Crippen LogP contribution is 2.36. The number of nitrogens with one attached hydrogen (secondary N) is 2. The average molecular weight is 268 g/mol. The van der Waals surface area contributed by atoms with Crippen molar-refractivity contribution < 1.29 is 9.53 Å². The second kappa shape index (κ2) is 5.70. The Kier molecular flexibility index (Phi) is 4.39. The quantitative estimate of drug-likeness (QED) is 0.824. The summed E-state index contributed by atoms with van der Waals surface area (Å²) in [6.07, 6.45) is 6.96. The molecule has 2 rings (SSSR count). The molecule has 0 spiro atoms. The Bertz CT molecular complexity index is 313. The van der Waals surface area contributed by atoms with E-state index in [9.17, 15) is 4.79 Å². The molecule has 2 aliphatic rings. The largest absolute Gasteiger partial charge is 0.444 e. The maximum Gasteiger partial charge on any atom is 0.408 e. The van der Waals surface area contributed by atoms with Crippen LogP contribution in [0.3, 0.4) is 0 Å². The van der Waals surface area contributed by atoms with Crippen LogP contribution in [-0.2, 0) is 4.74 Å². The molecule has 1 atom stereocenters. The van der Waals surface area contributed by atoms with Crippen molar-refractivity contribution in [2.45, 2.75) is 70.4 Å². The number of piperidine rings is 1. The first-order valence-corrected chi connectivity index (χ1v) is 7.60. The van der Waals surface area contributed by atoms with Crippen molar-refractivity contribution in [1.29, 1.82) is 0 Å². The molecule has 0 aromatic carbocycles. The van der Waals surface area contributed by atoms with Crippen LogP contribution >= 0.6 is 0 Å². The summed E-state index contributed by atoms with van der Waals surface area (Å²) in [4.78, 5) is 12.0. The summed E-state index contributed by atoms with van der Waals surface area (Å²) in [5, 5.41) is 6.57. The number of amides is 1. The molecule has 1 aliphatic heterocycles. The average Bonchev–Trinajstić information content (AvgIpc) is 3.08. The van der Waals surface area contributed by atoms with E-state index in [0.29, 0.717) is 0 Å². The van der Waals surface area contributed by atoms with E-state index in [0.717, 1.165) is 38.3 Å². The molecule has 0 radical (unpaired) electrons. The monoisotopic (exact) mass is 268 g/mol. The molecule has 19 heavy (non-hydrogen) atoms. The van der Waals surface area contributed by atoms with Gasteiger partial charge >= 0.3 is 6.09 Å². The molecule has 0 aromatic heterocycles. The second-order valence-electron chi connectivity index (χ2n) is 7.17. The summed E-state index contributed by atoms with van der Waals surface area (Å²) in [7, 11) is 0. The topological polar surface area (TPSA) is 50.4 Å². The van der Waals surface area contributed by atoms with Gasteiger partial charge in [0.1, 0.15) is 5.60 Å². The predicted octanol–water partition coefficient (Wildman–Crippen LogP) is 2.82. The van der Waals surface area contributed by atoms with E-state index in [1.807, 2.05) is 20.8 Å². The fourth-order valence-electron chi connectivity index (χ4n) is 2.76. The van der Waals surface area contributed by atoms with Gasteiger partial charge in [0.25, 0.3) is 0 Å². The van der Waals surface area contributed by atoms with Gasteiger partial charge in [-0.25, -0.2) is 4.79 Å². The van der Waals surface area contributed by atoms with Gasteiger partial charge in [0.15, 0.2) is 0 Å². The van der Waals surface area contributed by atoms with Gasteiger partial charge in [-0.15, -0.1) is 0 Å². The molecular formula is C15H28N2O2. The van der Waals surface area contributed by atoms with Gasteiger partial charge in [0.2, 0.25) is 0 Å². The molecule has 1 saturated heterocycles. The Labute approximate surface area is 116 Å². The van der Waals surface area contributed by atoms with E-state index >= 15 is 0 Å². The second-order valence-corrected chi connectivity index (χ2v) is 7.17. The van der Waals surface area contributed by atoms with E-state index in [1.165, 1.54) is 19.3 Å². The van der Waals surface area contributed by atoms with Crippen LogP contribution in [-0.4, -0.2) is 30.3 Å². The number of hydrogen-bond acceptors (Lipinski definition) is 3. The molecular weight excluding hydrogens is 240 g/mol. The van der Waals surface area contributed by atoms with Crippen LogP contribution in [0.2, 0.25) is 0 Å². The zero-order chi connectivity index (χ0) is 13.9. The predicted molar refractivity (Wildman–Crippen MR) is 76.2 cm³/mol. The van der Waals surface area contributed by atoms with Gasteiger partial charge in [-0.2, -0.15) is 0 Å². The van der Waals surface area contributed by atoms with Crippen LogP contribution in [0, 0.1) is 5.92 Å². The van der Waals surface area contributed by atoms with Crippen molar-refractivity contribution in [3.63, 3.8) is 0 Å². The molecule has 1 saturated carbocycles. The minimum Gasteiger partial charge on any atom is -0.444 e. The maximum absolute atomic E-state index is 12.0. The SMILES string of the molecule is CC(C)(C)OC(=O)NC1(CCC2CC2)CCCNC1. The molecule has 0 aromatic rings. The normalized spacial score (nSPS) is 27.9. The number of alkyl carbamates (subject to hydrolysis) is 1. The zero-order valence-corrected chi connectivity index (χ0v) is 12.6. The maximum atomic E-state index is 12.0. The van der Waals surface area contributed by atoms with E-state index in [2.05, 4.69) is 10.6 Å². The van der Waals surface area contributed by atoms with Crippen molar-refractivity contribution in [2.75, 3.05) is 13.1 Å². The summed E-state index contributed by atoms with van der Waals surface area (Å²) in [6.45, 7) is 7.65. The lowest BCUT2D eigenvalue weighted by Gasteiger charge is -2.39.